The topological polar surface area (TPSA) is 98.2 Å². The molecule has 3 amide bonds. The van der Waals surface area contributed by atoms with Crippen molar-refractivity contribution < 1.29 is 9.59 Å². The highest BCUT2D eigenvalue weighted by Gasteiger charge is 2.24. The van der Waals surface area contributed by atoms with Gasteiger partial charge >= 0.3 is 6.03 Å². The molecule has 0 aliphatic rings. The first-order valence-corrected chi connectivity index (χ1v) is 5.56. The molecule has 0 rings (SSSR count). The van der Waals surface area contributed by atoms with Crippen LogP contribution in [-0.4, -0.2) is 18.5 Å². The maximum atomic E-state index is 11.2. The van der Waals surface area contributed by atoms with E-state index in [0.717, 1.165) is 12.8 Å². The van der Waals surface area contributed by atoms with Gasteiger partial charge in [-0.2, -0.15) is 0 Å². The number of amides is 3. The molecule has 0 aromatic rings. The van der Waals surface area contributed by atoms with E-state index in [4.69, 9.17) is 11.5 Å². The quantitative estimate of drug-likeness (QED) is 0.655. The number of carbonyl (C=O) groups excluding carboxylic acids is 2. The van der Waals surface area contributed by atoms with Crippen LogP contribution in [0.2, 0.25) is 0 Å². The summed E-state index contributed by atoms with van der Waals surface area (Å²) in [7, 11) is 0. The average Bonchev–Trinajstić information content (AvgIpc) is 2.08. The summed E-state index contributed by atoms with van der Waals surface area (Å²) in [6.07, 6.45) is 1.91. The van der Waals surface area contributed by atoms with Gasteiger partial charge in [0, 0.05) is 6.42 Å². The lowest BCUT2D eigenvalue weighted by molar-refractivity contribution is -0.120. The minimum atomic E-state index is -0.795. The number of carbonyl (C=O) groups is 2. The van der Waals surface area contributed by atoms with E-state index >= 15 is 0 Å². The van der Waals surface area contributed by atoms with Crippen molar-refractivity contribution in [2.24, 2.45) is 22.8 Å². The molecule has 0 aromatic carbocycles. The van der Waals surface area contributed by atoms with Crippen LogP contribution in [0.1, 0.15) is 40.0 Å². The van der Waals surface area contributed by atoms with Crippen LogP contribution in [0, 0.1) is 11.3 Å². The zero-order valence-corrected chi connectivity index (χ0v) is 10.4. The molecule has 0 radical (unpaired) electrons. The van der Waals surface area contributed by atoms with Crippen LogP contribution < -0.4 is 16.8 Å². The summed E-state index contributed by atoms with van der Waals surface area (Å²) in [6.45, 7) is 6.98. The second kappa shape index (κ2) is 6.48. The van der Waals surface area contributed by atoms with E-state index in [1.54, 1.807) is 0 Å². The molecular weight excluding hydrogens is 206 g/mol. The fourth-order valence-electron chi connectivity index (χ4n) is 1.72. The highest BCUT2D eigenvalue weighted by molar-refractivity contribution is 5.93. The van der Waals surface area contributed by atoms with Gasteiger partial charge < -0.3 is 11.5 Å². The molecule has 5 nitrogen and oxygen atoms in total. The Morgan fingerprint density at radius 1 is 1.25 bits per heavy atom. The van der Waals surface area contributed by atoms with Crippen molar-refractivity contribution in [2.75, 3.05) is 6.54 Å². The van der Waals surface area contributed by atoms with Crippen molar-refractivity contribution in [3.05, 3.63) is 0 Å². The maximum Gasteiger partial charge on any atom is 0.318 e. The van der Waals surface area contributed by atoms with Gasteiger partial charge in [-0.3, -0.25) is 10.1 Å². The van der Waals surface area contributed by atoms with Gasteiger partial charge in [0.15, 0.2) is 0 Å². The van der Waals surface area contributed by atoms with E-state index in [1.807, 2.05) is 0 Å². The molecule has 1 unspecified atom stereocenters. The van der Waals surface area contributed by atoms with Crippen LogP contribution in [0.25, 0.3) is 0 Å². The van der Waals surface area contributed by atoms with E-state index in [1.165, 1.54) is 0 Å². The Morgan fingerprint density at radius 2 is 1.81 bits per heavy atom. The first-order chi connectivity index (χ1) is 7.27. The molecular formula is C11H23N3O2. The molecule has 0 aromatic heterocycles. The van der Waals surface area contributed by atoms with Gasteiger partial charge in [-0.15, -0.1) is 0 Å². The minimum absolute atomic E-state index is 0.117. The molecule has 0 aliphatic heterocycles. The van der Waals surface area contributed by atoms with Gasteiger partial charge in [-0.1, -0.05) is 20.8 Å². The second-order valence-electron chi connectivity index (χ2n) is 5.09. The lowest BCUT2D eigenvalue weighted by Crippen LogP contribution is -2.35. The van der Waals surface area contributed by atoms with Crippen LogP contribution in [-0.2, 0) is 4.79 Å². The van der Waals surface area contributed by atoms with Crippen molar-refractivity contribution in [3.8, 4) is 0 Å². The zero-order chi connectivity index (χ0) is 12.8. The van der Waals surface area contributed by atoms with Crippen LogP contribution in [0.4, 0.5) is 4.79 Å². The van der Waals surface area contributed by atoms with E-state index < -0.39 is 6.03 Å². The third-order valence-electron chi connectivity index (χ3n) is 2.72. The number of urea groups is 1. The van der Waals surface area contributed by atoms with Crippen molar-refractivity contribution in [2.45, 2.75) is 40.0 Å². The highest BCUT2D eigenvalue weighted by Crippen LogP contribution is 2.31. The summed E-state index contributed by atoms with van der Waals surface area (Å²) in [4.78, 5) is 21.7. The van der Waals surface area contributed by atoms with Crippen molar-refractivity contribution >= 4 is 11.9 Å². The molecule has 0 aliphatic carbocycles. The number of nitrogens with two attached hydrogens (primary N) is 2. The van der Waals surface area contributed by atoms with Crippen LogP contribution >= 0.6 is 0 Å². The van der Waals surface area contributed by atoms with E-state index in [9.17, 15) is 9.59 Å². The molecule has 0 heterocycles. The number of rotatable bonds is 5. The van der Waals surface area contributed by atoms with Crippen LogP contribution in [0.3, 0.4) is 0 Å². The van der Waals surface area contributed by atoms with E-state index in [2.05, 4.69) is 26.1 Å². The molecule has 1 atom stereocenters. The number of primary amides is 1. The normalized spacial score (nSPS) is 13.2. The third kappa shape index (κ3) is 6.40. The van der Waals surface area contributed by atoms with Gasteiger partial charge in [-0.25, -0.2) is 4.79 Å². The molecule has 0 bridgehead atoms. The highest BCUT2D eigenvalue weighted by atomic mass is 16.2. The standard InChI is InChI=1S/C11H23N3O2/c1-11(2,3)8(6-7-12)4-5-9(15)14-10(13)16/h8H,4-7,12H2,1-3H3,(H3,13,14,15,16). The van der Waals surface area contributed by atoms with Crippen LogP contribution in [0.5, 0.6) is 0 Å². The summed E-state index contributed by atoms with van der Waals surface area (Å²) < 4.78 is 0. The summed E-state index contributed by atoms with van der Waals surface area (Å²) in [6, 6.07) is -0.795. The summed E-state index contributed by atoms with van der Waals surface area (Å²) in [5, 5.41) is 2.06. The third-order valence-corrected chi connectivity index (χ3v) is 2.72. The van der Waals surface area contributed by atoms with Crippen molar-refractivity contribution in [1.29, 1.82) is 0 Å². The molecule has 0 fully saturated rings. The SMILES string of the molecule is CC(C)(C)C(CCN)CCC(=O)NC(N)=O. The zero-order valence-electron chi connectivity index (χ0n) is 10.4. The summed E-state index contributed by atoms with van der Waals surface area (Å²) in [5.74, 6) is 0.0508. The number of hydrogen-bond donors (Lipinski definition) is 3. The molecule has 0 saturated carbocycles. The Balaban J connectivity index is 4.12. The molecule has 0 spiro atoms. The molecule has 5 heteroatoms. The largest absolute Gasteiger partial charge is 0.351 e. The summed E-state index contributed by atoms with van der Waals surface area (Å²) >= 11 is 0. The van der Waals surface area contributed by atoms with E-state index in [0.29, 0.717) is 18.9 Å². The monoisotopic (exact) mass is 229 g/mol. The average molecular weight is 229 g/mol. The molecule has 94 valence electrons. The number of imide groups is 1. The molecule has 0 saturated heterocycles. The number of nitrogens with one attached hydrogen (secondary N) is 1. The fraction of sp³-hybridized carbons (Fsp3) is 0.818. The minimum Gasteiger partial charge on any atom is -0.351 e. The van der Waals surface area contributed by atoms with Gasteiger partial charge in [0.25, 0.3) is 0 Å². The lowest BCUT2D eigenvalue weighted by atomic mass is 9.76. The summed E-state index contributed by atoms with van der Waals surface area (Å²) in [5.41, 5.74) is 10.5. The lowest BCUT2D eigenvalue weighted by Gasteiger charge is -2.30. The van der Waals surface area contributed by atoms with Gasteiger partial charge in [0.1, 0.15) is 0 Å². The van der Waals surface area contributed by atoms with Gasteiger partial charge in [-0.05, 0) is 30.7 Å². The van der Waals surface area contributed by atoms with Crippen molar-refractivity contribution in [1.82, 2.24) is 5.32 Å². The predicted octanol–water partition coefficient (Wildman–Crippen LogP) is 0.973. The molecule has 16 heavy (non-hydrogen) atoms. The Hall–Kier alpha value is -1.10. The number of hydrogen-bond acceptors (Lipinski definition) is 3. The van der Waals surface area contributed by atoms with Gasteiger partial charge in [0.2, 0.25) is 5.91 Å². The smallest absolute Gasteiger partial charge is 0.318 e. The van der Waals surface area contributed by atoms with Crippen molar-refractivity contribution in [3.63, 3.8) is 0 Å². The Morgan fingerprint density at radius 3 is 2.19 bits per heavy atom. The first kappa shape index (κ1) is 14.9. The first-order valence-electron chi connectivity index (χ1n) is 5.56. The Kier molecular flexibility index (Phi) is 6.03. The predicted molar refractivity (Wildman–Crippen MR) is 63.6 cm³/mol. The Labute approximate surface area is 96.9 Å². The van der Waals surface area contributed by atoms with Gasteiger partial charge in [0.05, 0.1) is 0 Å². The Bertz CT molecular complexity index is 246. The fourth-order valence-corrected chi connectivity index (χ4v) is 1.72. The van der Waals surface area contributed by atoms with E-state index in [-0.39, 0.29) is 11.3 Å². The van der Waals surface area contributed by atoms with Crippen LogP contribution in [0.15, 0.2) is 0 Å². The second-order valence-corrected chi connectivity index (χ2v) is 5.09. The maximum absolute atomic E-state index is 11.2. The molecule has 5 N–H and O–H groups in total.